The van der Waals surface area contributed by atoms with Crippen molar-refractivity contribution in [2.75, 3.05) is 0 Å². The van der Waals surface area contributed by atoms with E-state index < -0.39 is 5.82 Å². The third-order valence-electron chi connectivity index (χ3n) is 2.12. The largest absolute Gasteiger partial charge is 0.505 e. The molecule has 1 aromatic carbocycles. The van der Waals surface area contributed by atoms with E-state index in [1.165, 1.54) is 12.1 Å². The number of benzene rings is 1. The highest BCUT2D eigenvalue weighted by molar-refractivity contribution is 7.09. The van der Waals surface area contributed by atoms with Gasteiger partial charge in [0.1, 0.15) is 0 Å². The van der Waals surface area contributed by atoms with E-state index in [0.29, 0.717) is 13.1 Å². The van der Waals surface area contributed by atoms with Gasteiger partial charge in [0.05, 0.1) is 5.51 Å². The lowest BCUT2D eigenvalue weighted by molar-refractivity contribution is 0.431. The minimum atomic E-state index is -0.586. The summed E-state index contributed by atoms with van der Waals surface area (Å²) in [6.45, 7) is 1.28. The van der Waals surface area contributed by atoms with Gasteiger partial charge in [-0.3, -0.25) is 4.98 Å². The van der Waals surface area contributed by atoms with Crippen LogP contribution in [0, 0.1) is 5.82 Å². The van der Waals surface area contributed by atoms with Gasteiger partial charge in [0.2, 0.25) is 0 Å². The Morgan fingerprint density at radius 2 is 2.25 bits per heavy atom. The van der Waals surface area contributed by atoms with Gasteiger partial charge in [0.15, 0.2) is 11.6 Å². The van der Waals surface area contributed by atoms with Gasteiger partial charge in [-0.1, -0.05) is 6.07 Å². The first-order valence-electron chi connectivity index (χ1n) is 4.81. The molecule has 2 rings (SSSR count). The van der Waals surface area contributed by atoms with Crippen molar-refractivity contribution < 1.29 is 9.50 Å². The summed E-state index contributed by atoms with van der Waals surface area (Å²) in [5.74, 6) is -0.900. The fraction of sp³-hybridized carbons (Fsp3) is 0.182. The van der Waals surface area contributed by atoms with Gasteiger partial charge in [-0.15, -0.1) is 11.3 Å². The topological polar surface area (TPSA) is 45.1 Å². The molecule has 0 saturated carbocycles. The molecule has 16 heavy (non-hydrogen) atoms. The Morgan fingerprint density at radius 1 is 1.38 bits per heavy atom. The Morgan fingerprint density at radius 3 is 2.94 bits per heavy atom. The van der Waals surface area contributed by atoms with Gasteiger partial charge in [0.25, 0.3) is 0 Å². The Balaban J connectivity index is 1.87. The third kappa shape index (κ3) is 2.77. The van der Waals surface area contributed by atoms with E-state index in [2.05, 4.69) is 10.3 Å². The summed E-state index contributed by atoms with van der Waals surface area (Å²) < 4.78 is 13.0. The van der Waals surface area contributed by atoms with Gasteiger partial charge in [0, 0.05) is 24.2 Å². The van der Waals surface area contributed by atoms with Gasteiger partial charge in [-0.2, -0.15) is 0 Å². The number of phenols is 1. The molecule has 3 nitrogen and oxygen atoms in total. The predicted octanol–water partition coefficient (Wildman–Crippen LogP) is 2.28. The molecule has 0 radical (unpaired) electrons. The quantitative estimate of drug-likeness (QED) is 0.859. The normalized spacial score (nSPS) is 10.6. The fourth-order valence-corrected chi connectivity index (χ4v) is 1.88. The number of nitrogens with zero attached hydrogens (tertiary/aromatic N) is 1. The molecular weight excluding hydrogens is 227 g/mol. The van der Waals surface area contributed by atoms with Gasteiger partial charge < -0.3 is 10.4 Å². The SMILES string of the molecule is Oc1ccc(CNCc2cncs2)cc1F. The first kappa shape index (κ1) is 11.0. The summed E-state index contributed by atoms with van der Waals surface area (Å²) in [5, 5.41) is 12.2. The van der Waals surface area contributed by atoms with Crippen LogP contribution in [0.5, 0.6) is 5.75 Å². The molecule has 0 unspecified atom stereocenters. The molecule has 0 fully saturated rings. The van der Waals surface area contributed by atoms with Crippen LogP contribution >= 0.6 is 11.3 Å². The number of aromatic nitrogens is 1. The molecule has 0 aliphatic rings. The van der Waals surface area contributed by atoms with Crippen LogP contribution in [-0.2, 0) is 13.1 Å². The maximum atomic E-state index is 13.0. The van der Waals surface area contributed by atoms with Crippen LogP contribution in [0.4, 0.5) is 4.39 Å². The van der Waals surface area contributed by atoms with Crippen molar-refractivity contribution in [3.8, 4) is 5.75 Å². The third-order valence-corrected chi connectivity index (χ3v) is 2.90. The van der Waals surface area contributed by atoms with E-state index in [9.17, 15) is 4.39 Å². The second-order valence-electron chi connectivity index (χ2n) is 3.36. The molecular formula is C11H11FN2OS. The van der Waals surface area contributed by atoms with Crippen molar-refractivity contribution in [2.24, 2.45) is 0 Å². The molecule has 0 saturated heterocycles. The first-order chi connectivity index (χ1) is 7.75. The molecule has 0 spiro atoms. The highest BCUT2D eigenvalue weighted by atomic mass is 32.1. The number of halogens is 1. The molecule has 0 aliphatic heterocycles. The summed E-state index contributed by atoms with van der Waals surface area (Å²) in [7, 11) is 0. The molecule has 5 heteroatoms. The summed E-state index contributed by atoms with van der Waals surface area (Å²) in [6, 6.07) is 4.38. The van der Waals surface area contributed by atoms with Crippen LogP contribution in [0.2, 0.25) is 0 Å². The number of hydrogen-bond donors (Lipinski definition) is 2. The Bertz CT molecular complexity index is 459. The molecule has 0 aliphatic carbocycles. The summed E-state index contributed by atoms with van der Waals surface area (Å²) >= 11 is 1.58. The second kappa shape index (κ2) is 5.05. The van der Waals surface area contributed by atoms with Crippen molar-refractivity contribution in [2.45, 2.75) is 13.1 Å². The number of phenolic OH excluding ortho intramolecular Hbond substituents is 1. The number of hydrogen-bond acceptors (Lipinski definition) is 4. The average molecular weight is 238 g/mol. The summed E-state index contributed by atoms with van der Waals surface area (Å²) in [5.41, 5.74) is 2.58. The monoisotopic (exact) mass is 238 g/mol. The van der Waals surface area contributed by atoms with E-state index in [0.717, 1.165) is 10.4 Å². The number of thiazole rings is 1. The summed E-state index contributed by atoms with van der Waals surface area (Å²) in [6.07, 6.45) is 1.80. The summed E-state index contributed by atoms with van der Waals surface area (Å²) in [4.78, 5) is 5.10. The zero-order valence-electron chi connectivity index (χ0n) is 8.48. The van der Waals surface area contributed by atoms with Crippen LogP contribution in [-0.4, -0.2) is 10.1 Å². The van der Waals surface area contributed by atoms with E-state index >= 15 is 0 Å². The van der Waals surface area contributed by atoms with Crippen molar-refractivity contribution >= 4 is 11.3 Å². The van der Waals surface area contributed by atoms with Crippen molar-refractivity contribution in [1.29, 1.82) is 0 Å². The predicted molar refractivity (Wildman–Crippen MR) is 60.7 cm³/mol. The van der Waals surface area contributed by atoms with Crippen molar-refractivity contribution in [3.05, 3.63) is 46.2 Å². The Labute approximate surface area is 96.6 Å². The number of aromatic hydroxyl groups is 1. The second-order valence-corrected chi connectivity index (χ2v) is 4.33. The molecule has 0 bridgehead atoms. The van der Waals surface area contributed by atoms with Crippen LogP contribution < -0.4 is 5.32 Å². The molecule has 2 aromatic rings. The van der Waals surface area contributed by atoms with E-state index in [1.807, 2.05) is 0 Å². The maximum absolute atomic E-state index is 13.0. The van der Waals surface area contributed by atoms with Crippen molar-refractivity contribution in [1.82, 2.24) is 10.3 Å². The van der Waals surface area contributed by atoms with E-state index in [-0.39, 0.29) is 5.75 Å². The lowest BCUT2D eigenvalue weighted by atomic mass is 10.2. The maximum Gasteiger partial charge on any atom is 0.165 e. The molecule has 84 valence electrons. The van der Waals surface area contributed by atoms with Crippen LogP contribution in [0.25, 0.3) is 0 Å². The van der Waals surface area contributed by atoms with Crippen molar-refractivity contribution in [3.63, 3.8) is 0 Å². The number of rotatable bonds is 4. The molecule has 1 aromatic heterocycles. The average Bonchev–Trinajstić information content (AvgIpc) is 2.76. The van der Waals surface area contributed by atoms with Crippen LogP contribution in [0.1, 0.15) is 10.4 Å². The lowest BCUT2D eigenvalue weighted by Gasteiger charge is -2.04. The highest BCUT2D eigenvalue weighted by Crippen LogP contribution is 2.16. The van der Waals surface area contributed by atoms with Crippen LogP contribution in [0.3, 0.4) is 0 Å². The lowest BCUT2D eigenvalue weighted by Crippen LogP contribution is -2.11. The molecule has 2 N–H and O–H groups in total. The highest BCUT2D eigenvalue weighted by Gasteiger charge is 2.01. The molecule has 0 atom stereocenters. The minimum absolute atomic E-state index is 0.314. The Hall–Kier alpha value is -1.46. The fourth-order valence-electron chi connectivity index (χ4n) is 1.32. The molecule has 1 heterocycles. The van der Waals surface area contributed by atoms with Gasteiger partial charge >= 0.3 is 0 Å². The zero-order valence-corrected chi connectivity index (χ0v) is 9.30. The Kier molecular flexibility index (Phi) is 3.48. The standard InChI is InChI=1S/C11H11FN2OS/c12-10-3-8(1-2-11(10)15)4-13-5-9-6-14-7-16-9/h1-3,6-7,13,15H,4-5H2. The van der Waals surface area contributed by atoms with E-state index in [4.69, 9.17) is 5.11 Å². The minimum Gasteiger partial charge on any atom is -0.505 e. The van der Waals surface area contributed by atoms with Crippen LogP contribution in [0.15, 0.2) is 29.9 Å². The van der Waals surface area contributed by atoms with Gasteiger partial charge in [-0.25, -0.2) is 4.39 Å². The van der Waals surface area contributed by atoms with E-state index in [1.54, 1.807) is 29.1 Å². The molecule has 0 amide bonds. The first-order valence-corrected chi connectivity index (χ1v) is 5.69. The smallest absolute Gasteiger partial charge is 0.165 e. The number of nitrogens with one attached hydrogen (secondary N) is 1. The zero-order chi connectivity index (χ0) is 11.4. The van der Waals surface area contributed by atoms with Gasteiger partial charge in [-0.05, 0) is 17.7 Å².